The van der Waals surface area contributed by atoms with Crippen LogP contribution in [-0.4, -0.2) is 24.5 Å². The third-order valence-electron chi connectivity index (χ3n) is 3.59. The van der Waals surface area contributed by atoms with Gasteiger partial charge in [-0.1, -0.05) is 32.9 Å². The molecule has 0 aromatic heterocycles. The van der Waals surface area contributed by atoms with Crippen molar-refractivity contribution in [2.24, 2.45) is 0 Å². The zero-order valence-corrected chi connectivity index (χ0v) is 14.9. The maximum Gasteiger partial charge on any atom is 0.304 e. The van der Waals surface area contributed by atoms with Gasteiger partial charge in [0, 0.05) is 6.92 Å². The first-order valence-electron chi connectivity index (χ1n) is 7.20. The molecule has 0 aliphatic heterocycles. The zero-order chi connectivity index (χ0) is 17.1. The van der Waals surface area contributed by atoms with Gasteiger partial charge in [0.2, 0.25) is 5.91 Å². The lowest BCUT2D eigenvalue weighted by Gasteiger charge is -2.31. The van der Waals surface area contributed by atoms with E-state index < -0.39 is 5.97 Å². The second-order valence-electron chi connectivity index (χ2n) is 6.37. The number of esters is 1. The summed E-state index contributed by atoms with van der Waals surface area (Å²) in [6.07, 6.45) is 0. The summed E-state index contributed by atoms with van der Waals surface area (Å²) in [5.41, 5.74) is 3.69. The Bertz CT molecular complexity index is 576. The smallest absolute Gasteiger partial charge is 0.304 e. The molecule has 0 fully saturated rings. The van der Waals surface area contributed by atoms with Crippen LogP contribution in [0.25, 0.3) is 0 Å². The number of alkyl halides is 1. The predicted molar refractivity (Wildman–Crippen MR) is 89.5 cm³/mol. The van der Waals surface area contributed by atoms with Gasteiger partial charge in [-0.25, -0.2) is 0 Å². The third-order valence-corrected chi connectivity index (χ3v) is 3.82. The van der Waals surface area contributed by atoms with Gasteiger partial charge in [-0.2, -0.15) is 0 Å². The number of halogens is 1. The van der Waals surface area contributed by atoms with Crippen LogP contribution >= 0.6 is 11.6 Å². The van der Waals surface area contributed by atoms with Crippen molar-refractivity contribution in [2.75, 3.05) is 17.5 Å². The highest BCUT2D eigenvalue weighted by Crippen LogP contribution is 2.36. The summed E-state index contributed by atoms with van der Waals surface area (Å²) >= 11 is 5.74. The molecule has 1 aromatic rings. The molecule has 22 heavy (non-hydrogen) atoms. The van der Waals surface area contributed by atoms with E-state index in [1.54, 1.807) is 0 Å². The first-order valence-corrected chi connectivity index (χ1v) is 7.73. The van der Waals surface area contributed by atoms with E-state index in [-0.39, 0.29) is 23.9 Å². The van der Waals surface area contributed by atoms with E-state index in [0.717, 1.165) is 22.4 Å². The van der Waals surface area contributed by atoms with E-state index in [0.29, 0.717) is 0 Å². The molecule has 0 spiro atoms. The average molecular weight is 326 g/mol. The minimum atomic E-state index is -0.435. The van der Waals surface area contributed by atoms with E-state index >= 15 is 0 Å². The van der Waals surface area contributed by atoms with Crippen LogP contribution in [0.3, 0.4) is 0 Å². The molecule has 0 unspecified atom stereocenters. The largest absolute Gasteiger partial charge is 0.444 e. The summed E-state index contributed by atoms with van der Waals surface area (Å²) in [5, 5.41) is 0. The van der Waals surface area contributed by atoms with Crippen LogP contribution < -0.4 is 4.90 Å². The molecule has 1 aromatic carbocycles. The van der Waals surface area contributed by atoms with Crippen molar-refractivity contribution in [3.05, 3.63) is 28.8 Å². The van der Waals surface area contributed by atoms with Crippen molar-refractivity contribution in [2.45, 2.75) is 47.0 Å². The Kier molecular flexibility index (Phi) is 6.00. The van der Waals surface area contributed by atoms with Crippen molar-refractivity contribution < 1.29 is 14.3 Å². The topological polar surface area (TPSA) is 46.6 Å². The molecule has 0 radical (unpaired) electrons. The van der Waals surface area contributed by atoms with Gasteiger partial charge in [-0.05, 0) is 36.0 Å². The second-order valence-corrected chi connectivity index (χ2v) is 6.64. The van der Waals surface area contributed by atoms with Crippen molar-refractivity contribution in [1.82, 2.24) is 0 Å². The van der Waals surface area contributed by atoms with Gasteiger partial charge in [0.25, 0.3) is 0 Å². The van der Waals surface area contributed by atoms with Crippen LogP contribution in [0.1, 0.15) is 44.4 Å². The van der Waals surface area contributed by atoms with Gasteiger partial charge in [-0.15, -0.1) is 11.6 Å². The molecule has 1 amide bonds. The molecular weight excluding hydrogens is 302 g/mol. The fraction of sp³-hybridized carbons (Fsp3) is 0.529. The molecule has 5 heteroatoms. The Labute approximate surface area is 137 Å². The molecule has 122 valence electrons. The molecule has 0 aliphatic carbocycles. The number of ether oxygens (including phenoxy) is 1. The summed E-state index contributed by atoms with van der Waals surface area (Å²) in [4.78, 5) is 24.9. The lowest BCUT2D eigenvalue weighted by atomic mass is 9.83. The van der Waals surface area contributed by atoms with Gasteiger partial charge in [0.05, 0.1) is 5.69 Å². The van der Waals surface area contributed by atoms with Crippen molar-refractivity contribution in [3.8, 4) is 0 Å². The Morgan fingerprint density at radius 2 is 1.82 bits per heavy atom. The van der Waals surface area contributed by atoms with Crippen LogP contribution in [0.5, 0.6) is 0 Å². The Morgan fingerprint density at radius 1 is 1.23 bits per heavy atom. The first-order chi connectivity index (χ1) is 10.1. The third kappa shape index (κ3) is 4.23. The van der Waals surface area contributed by atoms with Crippen LogP contribution in [-0.2, 0) is 19.7 Å². The van der Waals surface area contributed by atoms with E-state index in [1.165, 1.54) is 11.8 Å². The van der Waals surface area contributed by atoms with Crippen molar-refractivity contribution in [1.29, 1.82) is 0 Å². The number of carbonyl (C=O) groups excluding carboxylic acids is 2. The molecule has 1 rings (SSSR count). The van der Waals surface area contributed by atoms with Crippen LogP contribution in [0.15, 0.2) is 12.1 Å². The van der Waals surface area contributed by atoms with E-state index in [2.05, 4.69) is 20.8 Å². The molecule has 0 atom stereocenters. The lowest BCUT2D eigenvalue weighted by Crippen LogP contribution is -2.37. The summed E-state index contributed by atoms with van der Waals surface area (Å²) in [6.45, 7) is 11.4. The van der Waals surface area contributed by atoms with Crippen LogP contribution in [0, 0.1) is 13.8 Å². The highest BCUT2D eigenvalue weighted by molar-refractivity contribution is 6.29. The minimum Gasteiger partial charge on any atom is -0.444 e. The van der Waals surface area contributed by atoms with E-state index in [4.69, 9.17) is 16.3 Å². The van der Waals surface area contributed by atoms with Gasteiger partial charge in [-0.3, -0.25) is 14.5 Å². The van der Waals surface area contributed by atoms with E-state index in [1.807, 2.05) is 26.0 Å². The van der Waals surface area contributed by atoms with Gasteiger partial charge < -0.3 is 4.74 Å². The van der Waals surface area contributed by atoms with E-state index in [9.17, 15) is 9.59 Å². The number of aryl methyl sites for hydroxylation is 1. The average Bonchev–Trinajstić information content (AvgIpc) is 2.41. The molecule has 0 bridgehead atoms. The minimum absolute atomic E-state index is 0.131. The number of nitrogens with zero attached hydrogens (tertiary/aromatic N) is 1. The number of rotatable bonds is 4. The standard InChI is InChI=1S/C17H24ClNO3/c1-11-7-8-14(17(4,5)6)16(12(11)2)19(15(21)9-18)10-22-13(3)20/h7-8H,9-10H2,1-6H3. The first kappa shape index (κ1) is 18.5. The molecule has 4 nitrogen and oxygen atoms in total. The fourth-order valence-electron chi connectivity index (χ4n) is 2.24. The molecule has 0 saturated carbocycles. The summed E-state index contributed by atoms with van der Waals surface area (Å²) < 4.78 is 5.05. The second kappa shape index (κ2) is 7.14. The molecule has 0 aliphatic rings. The summed E-state index contributed by atoms with van der Waals surface area (Å²) in [5.74, 6) is -0.893. The predicted octanol–water partition coefficient (Wildman–Crippen LogP) is 3.69. The number of benzene rings is 1. The zero-order valence-electron chi connectivity index (χ0n) is 14.1. The lowest BCUT2D eigenvalue weighted by molar-refractivity contribution is -0.141. The number of amides is 1. The Morgan fingerprint density at radius 3 is 2.27 bits per heavy atom. The molecule has 0 saturated heterocycles. The van der Waals surface area contributed by atoms with Crippen molar-refractivity contribution in [3.63, 3.8) is 0 Å². The molecule has 0 N–H and O–H groups in total. The number of carbonyl (C=O) groups is 2. The summed E-state index contributed by atoms with van der Waals surface area (Å²) in [7, 11) is 0. The maximum atomic E-state index is 12.3. The van der Waals surface area contributed by atoms with Crippen LogP contribution in [0.4, 0.5) is 5.69 Å². The summed E-state index contributed by atoms with van der Waals surface area (Å²) in [6, 6.07) is 4.05. The molecule has 0 heterocycles. The van der Waals surface area contributed by atoms with Crippen molar-refractivity contribution >= 4 is 29.2 Å². The number of hydrogen-bond acceptors (Lipinski definition) is 3. The normalized spacial score (nSPS) is 11.2. The SMILES string of the molecule is CC(=O)OCN(C(=O)CCl)c1c(C(C)(C)C)ccc(C)c1C. The quantitative estimate of drug-likeness (QED) is 0.482. The highest BCUT2D eigenvalue weighted by Gasteiger charge is 2.27. The van der Waals surface area contributed by atoms with Gasteiger partial charge in [0.1, 0.15) is 5.88 Å². The number of hydrogen-bond donors (Lipinski definition) is 0. The molecular formula is C17H24ClNO3. The number of anilines is 1. The van der Waals surface area contributed by atoms with Gasteiger partial charge in [0.15, 0.2) is 6.73 Å². The van der Waals surface area contributed by atoms with Gasteiger partial charge >= 0.3 is 5.97 Å². The highest BCUT2D eigenvalue weighted by atomic mass is 35.5. The Balaban J connectivity index is 3.48. The fourth-order valence-corrected chi connectivity index (χ4v) is 2.39. The van der Waals surface area contributed by atoms with Crippen LogP contribution in [0.2, 0.25) is 0 Å². The monoisotopic (exact) mass is 325 g/mol. The Hall–Kier alpha value is -1.55. The maximum absolute atomic E-state index is 12.3.